The second-order valence-corrected chi connectivity index (χ2v) is 16.6. The van der Waals surface area contributed by atoms with Crippen molar-refractivity contribution in [1.82, 2.24) is 30.0 Å². The molecule has 0 spiro atoms. The largest absolute Gasteiger partial charge is 0.465 e. The van der Waals surface area contributed by atoms with Crippen molar-refractivity contribution in [3.8, 4) is 0 Å². The molecular weight excluding hydrogens is 690 g/mol. The Hall–Kier alpha value is -3.26. The predicted octanol–water partition coefficient (Wildman–Crippen LogP) is 5.23. The van der Waals surface area contributed by atoms with Gasteiger partial charge in [0.25, 0.3) is 0 Å². The SMILES string of the molecule is CCOC(=O)C(C)(Cc1cn(Cc2cccc(Cn3cc(CC(C)(C(=O)OCC)P(=O)(OCC)OCC)nn3)c2)nn1)P(=O)(OCC)OCC. The van der Waals surface area contributed by atoms with Gasteiger partial charge in [-0.25, -0.2) is 9.36 Å². The first-order valence-electron chi connectivity index (χ1n) is 16.7. The summed E-state index contributed by atoms with van der Waals surface area (Å²) in [5.74, 6) is -1.40. The van der Waals surface area contributed by atoms with E-state index in [4.69, 9.17) is 27.6 Å². The molecule has 0 amide bonds. The van der Waals surface area contributed by atoms with E-state index in [1.807, 2.05) is 24.3 Å². The lowest BCUT2D eigenvalue weighted by molar-refractivity contribution is -0.147. The third-order valence-electron chi connectivity index (χ3n) is 7.74. The molecule has 2 unspecified atom stereocenters. The first-order chi connectivity index (χ1) is 23.8. The van der Waals surface area contributed by atoms with Crippen LogP contribution >= 0.6 is 15.2 Å². The molecule has 3 aromatic rings. The van der Waals surface area contributed by atoms with Crippen LogP contribution in [-0.2, 0) is 72.2 Å². The van der Waals surface area contributed by atoms with E-state index in [1.165, 1.54) is 13.8 Å². The second-order valence-electron chi connectivity index (χ2n) is 11.6. The van der Waals surface area contributed by atoms with Crippen molar-refractivity contribution in [2.24, 2.45) is 0 Å². The smallest absolute Gasteiger partial charge is 0.348 e. The molecule has 0 saturated heterocycles. The molecule has 18 heteroatoms. The zero-order chi connectivity index (χ0) is 37.0. The van der Waals surface area contributed by atoms with Crippen LogP contribution in [0, 0.1) is 0 Å². The number of rotatable bonds is 22. The Kier molecular flexibility index (Phi) is 15.1. The fourth-order valence-electron chi connectivity index (χ4n) is 5.36. The number of hydrogen-bond acceptors (Lipinski definition) is 14. The van der Waals surface area contributed by atoms with Gasteiger partial charge in [-0.15, -0.1) is 10.2 Å². The highest BCUT2D eigenvalue weighted by Crippen LogP contribution is 2.62. The van der Waals surface area contributed by atoms with Gasteiger partial charge in [0, 0.05) is 25.2 Å². The molecule has 278 valence electrons. The van der Waals surface area contributed by atoms with E-state index in [1.54, 1.807) is 63.3 Å². The molecule has 0 fully saturated rings. The summed E-state index contributed by atoms with van der Waals surface area (Å²) < 4.78 is 63.6. The van der Waals surface area contributed by atoms with Crippen LogP contribution in [0.5, 0.6) is 0 Å². The minimum absolute atomic E-state index is 0.0718. The molecule has 3 rings (SSSR count). The maximum atomic E-state index is 13.8. The summed E-state index contributed by atoms with van der Waals surface area (Å²) in [5, 5.41) is 13.7. The molecule has 0 N–H and O–H groups in total. The van der Waals surface area contributed by atoms with Gasteiger partial charge in [0.15, 0.2) is 10.3 Å². The predicted molar refractivity (Wildman–Crippen MR) is 184 cm³/mol. The zero-order valence-corrected chi connectivity index (χ0v) is 32.0. The Bertz CT molecular complexity index is 1530. The third kappa shape index (κ3) is 9.54. The molecule has 0 aliphatic rings. The zero-order valence-electron chi connectivity index (χ0n) is 30.2. The molecule has 0 radical (unpaired) electrons. The summed E-state index contributed by atoms with van der Waals surface area (Å²) in [7, 11) is -7.88. The van der Waals surface area contributed by atoms with Crippen molar-refractivity contribution in [3.63, 3.8) is 0 Å². The maximum Gasteiger partial charge on any atom is 0.348 e. The lowest BCUT2D eigenvalue weighted by Gasteiger charge is -2.33. The second kappa shape index (κ2) is 18.3. The monoisotopic (exact) mass is 740 g/mol. The maximum absolute atomic E-state index is 13.8. The lowest BCUT2D eigenvalue weighted by atomic mass is 10.1. The van der Waals surface area contributed by atoms with Crippen LogP contribution in [-0.4, -0.2) is 91.9 Å². The number of ether oxygens (including phenoxy) is 2. The van der Waals surface area contributed by atoms with Crippen molar-refractivity contribution < 1.29 is 46.3 Å². The van der Waals surface area contributed by atoms with Crippen molar-refractivity contribution in [3.05, 3.63) is 59.2 Å². The molecule has 2 heterocycles. The average molecular weight is 741 g/mol. The van der Waals surface area contributed by atoms with E-state index >= 15 is 0 Å². The summed E-state index contributed by atoms with van der Waals surface area (Å²) in [6.07, 6.45) is 3.22. The number of carbonyl (C=O) groups is 2. The summed E-state index contributed by atoms with van der Waals surface area (Å²) in [4.78, 5) is 26.2. The number of esters is 2. The molecular formula is C32H50N6O10P2. The van der Waals surface area contributed by atoms with E-state index in [9.17, 15) is 18.7 Å². The number of carbonyl (C=O) groups excluding carboxylic acids is 2. The van der Waals surface area contributed by atoms with E-state index in [2.05, 4.69) is 20.6 Å². The first-order valence-corrected chi connectivity index (χ1v) is 19.8. The Morgan fingerprint density at radius 1 is 0.640 bits per heavy atom. The number of aromatic nitrogens is 6. The highest BCUT2D eigenvalue weighted by molar-refractivity contribution is 7.57. The molecule has 50 heavy (non-hydrogen) atoms. The summed E-state index contributed by atoms with van der Waals surface area (Å²) in [6, 6.07) is 7.74. The van der Waals surface area contributed by atoms with Gasteiger partial charge in [-0.05, 0) is 66.5 Å². The van der Waals surface area contributed by atoms with E-state index < -0.39 is 37.4 Å². The lowest BCUT2D eigenvalue weighted by Crippen LogP contribution is -2.40. The molecule has 1 aromatic carbocycles. The fraction of sp³-hybridized carbons (Fsp3) is 0.625. The third-order valence-corrected chi connectivity index (χ3v) is 13.2. The summed E-state index contributed by atoms with van der Waals surface area (Å²) in [6.45, 7) is 14.3. The van der Waals surface area contributed by atoms with Gasteiger partial charge in [-0.3, -0.25) is 18.7 Å². The first kappa shape index (κ1) is 41.2. The van der Waals surface area contributed by atoms with Crippen LogP contribution in [0.3, 0.4) is 0 Å². The van der Waals surface area contributed by atoms with Crippen molar-refractivity contribution in [1.29, 1.82) is 0 Å². The highest BCUT2D eigenvalue weighted by Gasteiger charge is 2.56. The van der Waals surface area contributed by atoms with Gasteiger partial charge < -0.3 is 27.6 Å². The van der Waals surface area contributed by atoms with Gasteiger partial charge in [0.1, 0.15) is 0 Å². The minimum Gasteiger partial charge on any atom is -0.465 e. The van der Waals surface area contributed by atoms with E-state index in [-0.39, 0.29) is 52.5 Å². The Balaban J connectivity index is 1.79. The van der Waals surface area contributed by atoms with Crippen LogP contribution in [0.15, 0.2) is 36.7 Å². The van der Waals surface area contributed by atoms with E-state index in [0.29, 0.717) is 24.5 Å². The fourth-order valence-corrected chi connectivity index (χ4v) is 9.29. The molecule has 0 aliphatic heterocycles. The van der Waals surface area contributed by atoms with Crippen LogP contribution < -0.4 is 0 Å². The normalized spacial score (nSPS) is 14.6. The van der Waals surface area contributed by atoms with E-state index in [0.717, 1.165) is 11.1 Å². The average Bonchev–Trinajstić information content (AvgIpc) is 3.70. The molecule has 16 nitrogen and oxygen atoms in total. The Labute approximate surface area is 293 Å². The number of hydrogen-bond donors (Lipinski definition) is 0. The minimum atomic E-state index is -3.94. The Morgan fingerprint density at radius 2 is 1.00 bits per heavy atom. The van der Waals surface area contributed by atoms with Crippen molar-refractivity contribution in [2.75, 3.05) is 39.6 Å². The topological polar surface area (TPSA) is 185 Å². The Morgan fingerprint density at radius 3 is 1.32 bits per heavy atom. The van der Waals surface area contributed by atoms with Crippen molar-refractivity contribution >= 4 is 27.1 Å². The van der Waals surface area contributed by atoms with Gasteiger partial charge in [-0.2, -0.15) is 0 Å². The van der Waals surface area contributed by atoms with Gasteiger partial charge in [0.2, 0.25) is 0 Å². The molecule has 0 bridgehead atoms. The molecule has 2 atom stereocenters. The van der Waals surface area contributed by atoms with Gasteiger partial charge in [0.05, 0.1) is 64.1 Å². The molecule has 2 aromatic heterocycles. The number of nitrogens with zero attached hydrogens (tertiary/aromatic N) is 6. The molecule has 0 saturated carbocycles. The molecule has 0 aliphatic carbocycles. The highest BCUT2D eigenvalue weighted by atomic mass is 31.2. The van der Waals surface area contributed by atoms with Crippen LogP contribution in [0.25, 0.3) is 0 Å². The van der Waals surface area contributed by atoms with Crippen LogP contribution in [0.4, 0.5) is 0 Å². The summed E-state index contributed by atoms with van der Waals surface area (Å²) in [5.41, 5.74) is 2.65. The number of benzene rings is 1. The summed E-state index contributed by atoms with van der Waals surface area (Å²) >= 11 is 0. The van der Waals surface area contributed by atoms with Gasteiger partial charge >= 0.3 is 27.1 Å². The van der Waals surface area contributed by atoms with Crippen LogP contribution in [0.1, 0.15) is 77.9 Å². The standard InChI is InChI=1S/C32H50N6O10P2/c1-9-43-29(39)31(7,49(41,45-11-3)46-12-4)19-27-23-37(35-33-27)21-25-16-15-17-26(18-25)22-38-24-28(34-36-38)20-32(8,30(40)44-10-2)50(42,47-13-5)48-14-6/h15-18,23-24H,9-14,19-22H2,1-8H3. The quantitative estimate of drug-likeness (QED) is 0.0964. The van der Waals surface area contributed by atoms with Crippen molar-refractivity contribution in [2.45, 2.75) is 91.6 Å². The van der Waals surface area contributed by atoms with Crippen LogP contribution in [0.2, 0.25) is 0 Å². The van der Waals surface area contributed by atoms with Gasteiger partial charge in [-0.1, -0.05) is 34.7 Å².